The van der Waals surface area contributed by atoms with Crippen LogP contribution in [0.15, 0.2) is 48.5 Å². The van der Waals surface area contributed by atoms with Crippen molar-refractivity contribution >= 4 is 11.7 Å². The van der Waals surface area contributed by atoms with Crippen molar-refractivity contribution in [3.05, 3.63) is 65.2 Å². The molecule has 0 bridgehead atoms. The molecule has 3 nitrogen and oxygen atoms in total. The van der Waals surface area contributed by atoms with Gasteiger partial charge in [-0.15, -0.1) is 0 Å². The fourth-order valence-corrected chi connectivity index (χ4v) is 2.46. The van der Waals surface area contributed by atoms with E-state index in [0.29, 0.717) is 0 Å². The normalized spacial score (nSPS) is 10.4. The molecule has 3 heteroatoms. The van der Waals surface area contributed by atoms with Gasteiger partial charge in [0.2, 0.25) is 0 Å². The van der Waals surface area contributed by atoms with Crippen LogP contribution in [-0.4, -0.2) is 17.6 Å². The Morgan fingerprint density at radius 3 is 2.43 bits per heavy atom. The van der Waals surface area contributed by atoms with E-state index >= 15 is 0 Å². The molecule has 0 amide bonds. The Balaban J connectivity index is 2.25. The SMILES string of the molecule is CCN(Cc1ccccc1CC(=O)O)c1cccc(C)c1. The van der Waals surface area contributed by atoms with Crippen LogP contribution in [0.2, 0.25) is 0 Å². The van der Waals surface area contributed by atoms with E-state index in [-0.39, 0.29) is 6.42 Å². The van der Waals surface area contributed by atoms with Crippen LogP contribution in [0.5, 0.6) is 0 Å². The van der Waals surface area contributed by atoms with Crippen molar-refractivity contribution in [3.8, 4) is 0 Å². The van der Waals surface area contributed by atoms with E-state index < -0.39 is 5.97 Å². The molecule has 0 atom stereocenters. The van der Waals surface area contributed by atoms with Gasteiger partial charge in [-0.3, -0.25) is 4.79 Å². The molecule has 2 rings (SSSR count). The summed E-state index contributed by atoms with van der Waals surface area (Å²) in [5, 5.41) is 9.02. The summed E-state index contributed by atoms with van der Waals surface area (Å²) in [4.78, 5) is 13.2. The number of benzene rings is 2. The Bertz CT molecular complexity index is 622. The summed E-state index contributed by atoms with van der Waals surface area (Å²) in [6.07, 6.45) is 0.0710. The Labute approximate surface area is 125 Å². The zero-order valence-electron chi connectivity index (χ0n) is 12.5. The minimum Gasteiger partial charge on any atom is -0.481 e. The predicted molar refractivity (Wildman–Crippen MR) is 85.7 cm³/mol. The molecular weight excluding hydrogens is 262 g/mol. The van der Waals surface area contributed by atoms with Crippen LogP contribution in [0.3, 0.4) is 0 Å². The molecule has 0 radical (unpaired) electrons. The Morgan fingerprint density at radius 2 is 1.81 bits per heavy atom. The van der Waals surface area contributed by atoms with Gasteiger partial charge in [0.1, 0.15) is 0 Å². The maximum absolute atomic E-state index is 11.0. The summed E-state index contributed by atoms with van der Waals surface area (Å²) in [5.41, 5.74) is 4.35. The number of aryl methyl sites for hydroxylation is 1. The van der Waals surface area contributed by atoms with Crippen molar-refractivity contribution in [1.82, 2.24) is 0 Å². The van der Waals surface area contributed by atoms with Crippen LogP contribution < -0.4 is 4.90 Å². The lowest BCUT2D eigenvalue weighted by atomic mass is 10.0. The average molecular weight is 283 g/mol. The topological polar surface area (TPSA) is 40.5 Å². The molecule has 1 N–H and O–H groups in total. The fraction of sp³-hybridized carbons (Fsp3) is 0.278. The maximum Gasteiger partial charge on any atom is 0.307 e. The highest BCUT2D eigenvalue weighted by Gasteiger charge is 2.10. The molecule has 0 saturated heterocycles. The maximum atomic E-state index is 11.0. The van der Waals surface area contributed by atoms with Crippen LogP contribution in [0.4, 0.5) is 5.69 Å². The molecule has 0 aromatic heterocycles. The van der Waals surface area contributed by atoms with E-state index in [4.69, 9.17) is 5.11 Å². The minimum atomic E-state index is -0.791. The van der Waals surface area contributed by atoms with Gasteiger partial charge in [0, 0.05) is 18.8 Å². The van der Waals surface area contributed by atoms with Gasteiger partial charge in [0.05, 0.1) is 6.42 Å². The zero-order valence-corrected chi connectivity index (χ0v) is 12.5. The Morgan fingerprint density at radius 1 is 1.10 bits per heavy atom. The summed E-state index contributed by atoms with van der Waals surface area (Å²) >= 11 is 0. The lowest BCUT2D eigenvalue weighted by Crippen LogP contribution is -2.23. The van der Waals surface area contributed by atoms with Gasteiger partial charge in [-0.2, -0.15) is 0 Å². The third kappa shape index (κ3) is 4.09. The van der Waals surface area contributed by atoms with E-state index in [2.05, 4.69) is 43.0 Å². The molecule has 0 heterocycles. The van der Waals surface area contributed by atoms with Gasteiger partial charge >= 0.3 is 5.97 Å². The van der Waals surface area contributed by atoms with Crippen molar-refractivity contribution in [3.63, 3.8) is 0 Å². The first-order chi connectivity index (χ1) is 10.1. The molecule has 21 heavy (non-hydrogen) atoms. The number of carbonyl (C=O) groups is 1. The van der Waals surface area contributed by atoms with E-state index in [1.54, 1.807) is 0 Å². The molecule has 0 saturated carbocycles. The number of carboxylic acid groups (broad SMARTS) is 1. The Kier molecular flexibility index (Phi) is 4.99. The Hall–Kier alpha value is -2.29. The van der Waals surface area contributed by atoms with Crippen LogP contribution in [0.25, 0.3) is 0 Å². The molecule has 0 spiro atoms. The van der Waals surface area contributed by atoms with E-state index in [1.807, 2.05) is 24.3 Å². The second-order valence-electron chi connectivity index (χ2n) is 5.19. The standard InChI is InChI=1S/C18H21NO2/c1-3-19(17-10-6-7-14(2)11-17)13-16-9-5-4-8-15(16)12-18(20)21/h4-11H,3,12-13H2,1-2H3,(H,20,21). The molecule has 2 aromatic carbocycles. The van der Waals surface area contributed by atoms with Gasteiger partial charge < -0.3 is 10.0 Å². The number of rotatable bonds is 6. The second-order valence-corrected chi connectivity index (χ2v) is 5.19. The van der Waals surface area contributed by atoms with E-state index in [0.717, 1.165) is 24.2 Å². The van der Waals surface area contributed by atoms with Gasteiger partial charge in [-0.05, 0) is 42.7 Å². The molecule has 2 aromatic rings. The lowest BCUT2D eigenvalue weighted by Gasteiger charge is -2.24. The van der Waals surface area contributed by atoms with Crippen molar-refractivity contribution in [2.24, 2.45) is 0 Å². The molecule has 0 fully saturated rings. The quantitative estimate of drug-likeness (QED) is 0.879. The van der Waals surface area contributed by atoms with Crippen LogP contribution in [0.1, 0.15) is 23.6 Å². The number of nitrogens with zero attached hydrogens (tertiary/aromatic N) is 1. The van der Waals surface area contributed by atoms with Crippen LogP contribution in [-0.2, 0) is 17.8 Å². The molecular formula is C18H21NO2. The minimum absolute atomic E-state index is 0.0710. The predicted octanol–water partition coefficient (Wildman–Crippen LogP) is 3.65. The smallest absolute Gasteiger partial charge is 0.307 e. The van der Waals surface area contributed by atoms with Crippen LogP contribution >= 0.6 is 0 Å². The fourth-order valence-electron chi connectivity index (χ4n) is 2.46. The molecule has 0 aliphatic rings. The van der Waals surface area contributed by atoms with Crippen molar-refractivity contribution < 1.29 is 9.90 Å². The van der Waals surface area contributed by atoms with Crippen LogP contribution in [0, 0.1) is 6.92 Å². The second kappa shape index (κ2) is 6.93. The largest absolute Gasteiger partial charge is 0.481 e. The van der Waals surface area contributed by atoms with E-state index in [1.165, 1.54) is 11.3 Å². The molecule has 0 unspecified atom stereocenters. The number of carboxylic acids is 1. The lowest BCUT2D eigenvalue weighted by molar-refractivity contribution is -0.136. The number of hydrogen-bond donors (Lipinski definition) is 1. The first kappa shape index (κ1) is 15.1. The molecule has 110 valence electrons. The number of aliphatic carboxylic acids is 1. The van der Waals surface area contributed by atoms with E-state index in [9.17, 15) is 4.79 Å². The van der Waals surface area contributed by atoms with Crippen molar-refractivity contribution in [2.45, 2.75) is 26.8 Å². The summed E-state index contributed by atoms with van der Waals surface area (Å²) in [6.45, 7) is 5.80. The number of hydrogen-bond acceptors (Lipinski definition) is 2. The summed E-state index contributed by atoms with van der Waals surface area (Å²) < 4.78 is 0. The first-order valence-electron chi connectivity index (χ1n) is 7.20. The van der Waals surface area contributed by atoms with Crippen molar-refractivity contribution in [2.75, 3.05) is 11.4 Å². The highest BCUT2D eigenvalue weighted by atomic mass is 16.4. The average Bonchev–Trinajstić information content (AvgIpc) is 2.45. The zero-order chi connectivity index (χ0) is 15.2. The molecule has 0 aliphatic heterocycles. The molecule has 0 aliphatic carbocycles. The first-order valence-corrected chi connectivity index (χ1v) is 7.20. The van der Waals surface area contributed by atoms with Gasteiger partial charge in [0.15, 0.2) is 0 Å². The monoisotopic (exact) mass is 283 g/mol. The highest BCUT2D eigenvalue weighted by Crippen LogP contribution is 2.20. The van der Waals surface area contributed by atoms with Crippen molar-refractivity contribution in [1.29, 1.82) is 0 Å². The summed E-state index contributed by atoms with van der Waals surface area (Å²) in [6, 6.07) is 16.1. The van der Waals surface area contributed by atoms with Gasteiger partial charge in [-0.1, -0.05) is 36.4 Å². The summed E-state index contributed by atoms with van der Waals surface area (Å²) in [5.74, 6) is -0.791. The highest BCUT2D eigenvalue weighted by molar-refractivity contribution is 5.70. The van der Waals surface area contributed by atoms with Gasteiger partial charge in [-0.25, -0.2) is 0 Å². The number of anilines is 1. The summed E-state index contributed by atoms with van der Waals surface area (Å²) in [7, 11) is 0. The third-order valence-electron chi connectivity index (χ3n) is 3.57. The third-order valence-corrected chi connectivity index (χ3v) is 3.57. The van der Waals surface area contributed by atoms with Gasteiger partial charge in [0.25, 0.3) is 0 Å².